The highest BCUT2D eigenvalue weighted by Crippen LogP contribution is 2.31. The van der Waals surface area contributed by atoms with E-state index in [9.17, 15) is 5.11 Å². The van der Waals surface area contributed by atoms with E-state index >= 15 is 0 Å². The Kier molecular flexibility index (Phi) is 14.7. The van der Waals surface area contributed by atoms with Crippen LogP contribution < -0.4 is 0 Å². The normalized spacial score (nSPS) is 11.8. The van der Waals surface area contributed by atoms with Crippen molar-refractivity contribution in [3.8, 4) is 0 Å². The molecule has 4 aromatic carbocycles. The number of aryl methyl sites for hydroxylation is 1. The van der Waals surface area contributed by atoms with Crippen molar-refractivity contribution in [1.82, 2.24) is 0 Å². The molecule has 0 atom stereocenters. The number of aliphatic hydroxyl groups is 1. The molecule has 0 saturated carbocycles. The topological polar surface area (TPSA) is 20.2 Å². The summed E-state index contributed by atoms with van der Waals surface area (Å²) in [5.74, 6) is 0. The van der Waals surface area contributed by atoms with E-state index in [1.807, 2.05) is 0 Å². The molecule has 0 aliphatic carbocycles. The van der Waals surface area contributed by atoms with E-state index in [1.54, 1.807) is 0 Å². The van der Waals surface area contributed by atoms with Gasteiger partial charge in [0.15, 0.2) is 0 Å². The van der Waals surface area contributed by atoms with Gasteiger partial charge in [-0.05, 0) is 80.6 Å². The lowest BCUT2D eigenvalue weighted by atomic mass is 9.92. The quantitative estimate of drug-likeness (QED) is 0.0741. The predicted octanol–water partition coefficient (Wildman–Crippen LogP) is 13.0. The first-order valence-electron chi connectivity index (χ1n) is 17.8. The van der Waals surface area contributed by atoms with Crippen LogP contribution in [0.25, 0.3) is 32.3 Å². The SMILES string of the molecule is CCCCCCCCCCCCCCCCCCCCCCc1ccc2cc3cc4ccccc4cc3cc2c1CO. The first-order chi connectivity index (χ1) is 20.8. The molecular formula is C41H58O. The Morgan fingerprint density at radius 1 is 0.429 bits per heavy atom. The van der Waals surface area contributed by atoms with Gasteiger partial charge in [0.1, 0.15) is 0 Å². The lowest BCUT2D eigenvalue weighted by Crippen LogP contribution is -1.97. The Morgan fingerprint density at radius 3 is 1.33 bits per heavy atom. The number of fused-ring (bicyclic) bond motifs is 3. The minimum atomic E-state index is 0.116. The van der Waals surface area contributed by atoms with Crippen molar-refractivity contribution in [2.24, 2.45) is 0 Å². The molecule has 1 N–H and O–H groups in total. The van der Waals surface area contributed by atoms with Gasteiger partial charge < -0.3 is 5.11 Å². The third-order valence-electron chi connectivity index (χ3n) is 9.51. The smallest absolute Gasteiger partial charge is 0.0690 e. The van der Waals surface area contributed by atoms with Crippen LogP contribution >= 0.6 is 0 Å². The molecule has 4 rings (SSSR count). The zero-order valence-electron chi connectivity index (χ0n) is 26.8. The molecule has 0 bridgehead atoms. The Hall–Kier alpha value is -2.38. The summed E-state index contributed by atoms with van der Waals surface area (Å²) in [5, 5.41) is 17.9. The number of hydrogen-bond acceptors (Lipinski definition) is 1. The van der Waals surface area contributed by atoms with Crippen molar-refractivity contribution in [2.45, 2.75) is 148 Å². The van der Waals surface area contributed by atoms with Gasteiger partial charge in [-0.3, -0.25) is 0 Å². The van der Waals surface area contributed by atoms with Crippen LogP contribution in [-0.2, 0) is 13.0 Å². The molecule has 1 nitrogen and oxygen atoms in total. The second-order valence-electron chi connectivity index (χ2n) is 12.9. The highest BCUT2D eigenvalue weighted by Gasteiger charge is 2.09. The van der Waals surface area contributed by atoms with E-state index in [0.717, 1.165) is 12.0 Å². The first kappa shape index (κ1) is 32.5. The minimum absolute atomic E-state index is 0.116. The van der Waals surface area contributed by atoms with Crippen LogP contribution in [0.3, 0.4) is 0 Å². The molecule has 42 heavy (non-hydrogen) atoms. The van der Waals surface area contributed by atoms with Gasteiger partial charge in [-0.2, -0.15) is 0 Å². The summed E-state index contributed by atoms with van der Waals surface area (Å²) < 4.78 is 0. The van der Waals surface area contributed by atoms with Crippen LogP contribution in [0.15, 0.2) is 60.7 Å². The molecule has 228 valence electrons. The number of hydrogen-bond donors (Lipinski definition) is 1. The third-order valence-corrected chi connectivity index (χ3v) is 9.51. The van der Waals surface area contributed by atoms with E-state index < -0.39 is 0 Å². The molecule has 0 aliphatic rings. The predicted molar refractivity (Wildman–Crippen MR) is 187 cm³/mol. The summed E-state index contributed by atoms with van der Waals surface area (Å²) in [4.78, 5) is 0. The maximum Gasteiger partial charge on any atom is 0.0690 e. The van der Waals surface area contributed by atoms with Crippen molar-refractivity contribution in [3.05, 3.63) is 71.8 Å². The lowest BCUT2D eigenvalue weighted by molar-refractivity contribution is 0.282. The van der Waals surface area contributed by atoms with E-state index in [4.69, 9.17) is 0 Å². The fourth-order valence-electron chi connectivity index (χ4n) is 6.86. The molecule has 0 aliphatic heterocycles. The molecule has 0 fully saturated rings. The molecular weight excluding hydrogens is 508 g/mol. The number of aliphatic hydroxyl groups excluding tert-OH is 1. The van der Waals surface area contributed by atoms with Gasteiger partial charge in [-0.25, -0.2) is 0 Å². The fourth-order valence-corrected chi connectivity index (χ4v) is 6.86. The zero-order valence-corrected chi connectivity index (χ0v) is 26.8. The molecule has 0 unspecified atom stereocenters. The van der Waals surface area contributed by atoms with Gasteiger partial charge in [0.25, 0.3) is 0 Å². The maximum atomic E-state index is 10.3. The maximum absolute atomic E-state index is 10.3. The summed E-state index contributed by atoms with van der Waals surface area (Å²) >= 11 is 0. The summed E-state index contributed by atoms with van der Waals surface area (Å²) in [5.41, 5.74) is 2.45. The van der Waals surface area contributed by atoms with Crippen molar-refractivity contribution in [2.75, 3.05) is 0 Å². The molecule has 0 aromatic heterocycles. The number of rotatable bonds is 22. The Bertz CT molecular complexity index is 1320. The Labute approximate surface area is 257 Å². The van der Waals surface area contributed by atoms with Gasteiger partial charge >= 0.3 is 0 Å². The standard InChI is InChI=1S/C41H58O/c1-2-3-4-5-6-7-8-9-10-11-12-13-14-15-16-17-18-19-20-21-24-34-27-28-37-31-38-29-35-25-22-23-26-36(35)30-39(38)32-40(37)41(34)33-42/h22-23,25-32,42H,2-21,24,33H2,1H3. The molecule has 0 saturated heterocycles. The highest BCUT2D eigenvalue weighted by atomic mass is 16.3. The molecule has 0 radical (unpaired) electrons. The first-order valence-corrected chi connectivity index (χ1v) is 17.8. The molecule has 0 spiro atoms. The van der Waals surface area contributed by atoms with Gasteiger partial charge in [-0.15, -0.1) is 0 Å². The molecule has 4 aromatic rings. The monoisotopic (exact) mass is 566 g/mol. The van der Waals surface area contributed by atoms with Gasteiger partial charge in [0.05, 0.1) is 6.61 Å². The average Bonchev–Trinajstić information content (AvgIpc) is 3.01. The third kappa shape index (κ3) is 10.4. The van der Waals surface area contributed by atoms with E-state index in [1.165, 1.54) is 166 Å². The molecule has 1 heteroatoms. The number of unbranched alkanes of at least 4 members (excludes halogenated alkanes) is 19. The summed E-state index contributed by atoms with van der Waals surface area (Å²) in [6.45, 7) is 2.42. The van der Waals surface area contributed by atoms with Crippen molar-refractivity contribution < 1.29 is 5.11 Å². The van der Waals surface area contributed by atoms with E-state index in [-0.39, 0.29) is 6.61 Å². The van der Waals surface area contributed by atoms with Crippen LogP contribution in [0.4, 0.5) is 0 Å². The van der Waals surface area contributed by atoms with Crippen LogP contribution in [0.2, 0.25) is 0 Å². The van der Waals surface area contributed by atoms with Crippen molar-refractivity contribution in [3.63, 3.8) is 0 Å². The zero-order chi connectivity index (χ0) is 29.2. The summed E-state index contributed by atoms with van der Waals surface area (Å²) in [6, 6.07) is 22.3. The van der Waals surface area contributed by atoms with Crippen LogP contribution in [-0.4, -0.2) is 5.11 Å². The Balaban J connectivity index is 1.05. The molecule has 0 heterocycles. The van der Waals surface area contributed by atoms with Crippen LogP contribution in [0, 0.1) is 0 Å². The summed E-state index contributed by atoms with van der Waals surface area (Å²) in [7, 11) is 0. The van der Waals surface area contributed by atoms with Crippen LogP contribution in [0.1, 0.15) is 146 Å². The van der Waals surface area contributed by atoms with Gasteiger partial charge in [-0.1, -0.05) is 165 Å². The van der Waals surface area contributed by atoms with Gasteiger partial charge in [0, 0.05) is 0 Å². The second-order valence-corrected chi connectivity index (χ2v) is 12.9. The molecule has 0 amide bonds. The second kappa shape index (κ2) is 19.0. The summed E-state index contributed by atoms with van der Waals surface area (Å²) in [6.07, 6.45) is 29.4. The fraction of sp³-hybridized carbons (Fsp3) is 0.561. The van der Waals surface area contributed by atoms with E-state index in [0.29, 0.717) is 0 Å². The van der Waals surface area contributed by atoms with Gasteiger partial charge in [0.2, 0.25) is 0 Å². The number of benzene rings is 4. The average molecular weight is 567 g/mol. The van der Waals surface area contributed by atoms with Crippen LogP contribution in [0.5, 0.6) is 0 Å². The Morgan fingerprint density at radius 2 is 0.857 bits per heavy atom. The van der Waals surface area contributed by atoms with Crippen molar-refractivity contribution in [1.29, 1.82) is 0 Å². The minimum Gasteiger partial charge on any atom is -0.392 e. The van der Waals surface area contributed by atoms with Crippen molar-refractivity contribution >= 4 is 32.3 Å². The highest BCUT2D eigenvalue weighted by molar-refractivity contribution is 6.05. The lowest BCUT2D eigenvalue weighted by Gasteiger charge is -2.13. The van der Waals surface area contributed by atoms with E-state index in [2.05, 4.69) is 67.6 Å². The largest absolute Gasteiger partial charge is 0.392 e.